The van der Waals surface area contributed by atoms with Gasteiger partial charge in [-0.3, -0.25) is 10.1 Å². The molecule has 0 bridgehead atoms. The Hall–Kier alpha value is -1.53. The number of aryl methyl sites for hydroxylation is 1. The van der Waals surface area contributed by atoms with E-state index in [1.54, 1.807) is 18.3 Å². The number of benzene rings is 1. The van der Waals surface area contributed by atoms with Gasteiger partial charge >= 0.3 is 0 Å². The van der Waals surface area contributed by atoms with Gasteiger partial charge in [-0.2, -0.15) is 0 Å². The first-order valence-electron chi connectivity index (χ1n) is 5.11. The molecule has 94 valence electrons. The van der Waals surface area contributed by atoms with Crippen molar-refractivity contribution < 1.29 is 4.92 Å². The quantitative estimate of drug-likeness (QED) is 0.491. The maximum absolute atomic E-state index is 10.8. The van der Waals surface area contributed by atoms with Crippen molar-refractivity contribution in [3.63, 3.8) is 0 Å². The molecule has 0 N–H and O–H groups in total. The van der Waals surface area contributed by atoms with Crippen LogP contribution in [0.2, 0.25) is 5.02 Å². The molecule has 2 rings (SSSR count). The second-order valence-corrected chi connectivity index (χ2v) is 5.00. The predicted molar refractivity (Wildman–Crippen MR) is 70.9 cm³/mol. The standard InChI is InChI=1S/C11H10ClN3O2S/c1-14-5-4-13-11(14)18-7-8-2-3-9(12)10(6-8)15(16)17/h2-6H,7H2,1H3. The Kier molecular flexibility index (Phi) is 3.88. The highest BCUT2D eigenvalue weighted by molar-refractivity contribution is 7.98. The minimum absolute atomic E-state index is 0.0605. The molecule has 0 atom stereocenters. The molecule has 5 nitrogen and oxygen atoms in total. The maximum Gasteiger partial charge on any atom is 0.288 e. The first kappa shape index (κ1) is 12.9. The van der Waals surface area contributed by atoms with Gasteiger partial charge in [0.25, 0.3) is 5.69 Å². The molecule has 2 aromatic rings. The Morgan fingerprint density at radius 2 is 2.33 bits per heavy atom. The highest BCUT2D eigenvalue weighted by atomic mass is 35.5. The lowest BCUT2D eigenvalue weighted by atomic mass is 10.2. The molecule has 1 aromatic carbocycles. The van der Waals surface area contributed by atoms with Crippen molar-refractivity contribution in [2.24, 2.45) is 7.05 Å². The minimum Gasteiger partial charge on any atom is -0.329 e. The lowest BCUT2D eigenvalue weighted by molar-refractivity contribution is -0.384. The number of nitrogens with zero attached hydrogens (tertiary/aromatic N) is 3. The van der Waals surface area contributed by atoms with E-state index in [1.165, 1.54) is 17.8 Å². The summed E-state index contributed by atoms with van der Waals surface area (Å²) in [5, 5.41) is 11.8. The van der Waals surface area contributed by atoms with E-state index in [-0.39, 0.29) is 10.7 Å². The van der Waals surface area contributed by atoms with Gasteiger partial charge in [-0.1, -0.05) is 29.4 Å². The zero-order chi connectivity index (χ0) is 13.1. The van der Waals surface area contributed by atoms with Gasteiger partial charge in [0.1, 0.15) is 5.02 Å². The molecule has 0 saturated carbocycles. The first-order valence-corrected chi connectivity index (χ1v) is 6.47. The largest absolute Gasteiger partial charge is 0.329 e. The van der Waals surface area contributed by atoms with Crippen molar-refractivity contribution in [1.29, 1.82) is 0 Å². The Labute approximate surface area is 113 Å². The summed E-state index contributed by atoms with van der Waals surface area (Å²) in [6, 6.07) is 4.83. The molecule has 7 heteroatoms. The van der Waals surface area contributed by atoms with Crippen LogP contribution in [0.15, 0.2) is 35.7 Å². The van der Waals surface area contributed by atoms with Gasteiger partial charge in [-0.15, -0.1) is 0 Å². The van der Waals surface area contributed by atoms with E-state index < -0.39 is 4.92 Å². The number of nitro benzene ring substituents is 1. The Balaban J connectivity index is 2.13. The van der Waals surface area contributed by atoms with E-state index in [1.807, 2.05) is 17.8 Å². The van der Waals surface area contributed by atoms with Crippen LogP contribution in [0.1, 0.15) is 5.56 Å². The smallest absolute Gasteiger partial charge is 0.288 e. The normalized spacial score (nSPS) is 10.6. The number of halogens is 1. The highest BCUT2D eigenvalue weighted by Gasteiger charge is 2.13. The molecule has 0 unspecified atom stereocenters. The van der Waals surface area contributed by atoms with Gasteiger partial charge in [0.05, 0.1) is 4.92 Å². The summed E-state index contributed by atoms with van der Waals surface area (Å²) >= 11 is 7.27. The van der Waals surface area contributed by atoms with Crippen LogP contribution in [-0.4, -0.2) is 14.5 Å². The van der Waals surface area contributed by atoms with Crippen LogP contribution in [0.25, 0.3) is 0 Å². The van der Waals surface area contributed by atoms with Gasteiger partial charge in [-0.25, -0.2) is 4.98 Å². The fourth-order valence-corrected chi connectivity index (χ4v) is 2.49. The predicted octanol–water partition coefficient (Wildman–Crippen LogP) is 3.27. The van der Waals surface area contributed by atoms with E-state index in [0.717, 1.165) is 10.7 Å². The van der Waals surface area contributed by atoms with E-state index in [4.69, 9.17) is 11.6 Å². The number of hydrogen-bond acceptors (Lipinski definition) is 4. The average molecular weight is 284 g/mol. The van der Waals surface area contributed by atoms with Gasteiger partial charge in [-0.05, 0) is 11.6 Å². The van der Waals surface area contributed by atoms with Crippen molar-refractivity contribution in [2.75, 3.05) is 0 Å². The molecule has 1 aromatic heterocycles. The van der Waals surface area contributed by atoms with Crippen LogP contribution in [0.4, 0.5) is 5.69 Å². The molecule has 0 radical (unpaired) electrons. The van der Waals surface area contributed by atoms with Gasteiger partial charge in [0.2, 0.25) is 0 Å². The molecule has 0 aliphatic rings. The van der Waals surface area contributed by atoms with Gasteiger partial charge in [0, 0.05) is 31.3 Å². The summed E-state index contributed by atoms with van der Waals surface area (Å²) in [5.74, 6) is 0.614. The number of nitro groups is 1. The van der Waals surface area contributed by atoms with Crippen LogP contribution >= 0.6 is 23.4 Å². The fraction of sp³-hybridized carbons (Fsp3) is 0.182. The first-order chi connectivity index (χ1) is 8.58. The summed E-state index contributed by atoms with van der Waals surface area (Å²) in [7, 11) is 1.90. The number of thioether (sulfide) groups is 1. The van der Waals surface area contributed by atoms with E-state index in [2.05, 4.69) is 4.98 Å². The van der Waals surface area contributed by atoms with E-state index in [9.17, 15) is 10.1 Å². The van der Waals surface area contributed by atoms with Crippen molar-refractivity contribution in [3.8, 4) is 0 Å². The minimum atomic E-state index is -0.475. The molecule has 1 heterocycles. The Morgan fingerprint density at radius 3 is 2.94 bits per heavy atom. The Bertz CT molecular complexity index is 585. The van der Waals surface area contributed by atoms with Crippen LogP contribution in [-0.2, 0) is 12.8 Å². The SMILES string of the molecule is Cn1ccnc1SCc1ccc(Cl)c([N+](=O)[O-])c1. The molecule has 0 amide bonds. The van der Waals surface area contributed by atoms with Crippen molar-refractivity contribution >= 4 is 29.1 Å². The molecular formula is C11H10ClN3O2S. The summed E-state index contributed by atoms with van der Waals surface area (Å²) in [6.07, 6.45) is 3.57. The van der Waals surface area contributed by atoms with Crippen LogP contribution in [0.5, 0.6) is 0 Å². The maximum atomic E-state index is 10.8. The lowest BCUT2D eigenvalue weighted by Crippen LogP contribution is -1.93. The molecule has 0 aliphatic heterocycles. The van der Waals surface area contributed by atoms with Crippen LogP contribution in [0, 0.1) is 10.1 Å². The summed E-state index contributed by atoms with van der Waals surface area (Å²) in [6.45, 7) is 0. The summed E-state index contributed by atoms with van der Waals surface area (Å²) in [5.41, 5.74) is 0.786. The number of rotatable bonds is 4. The lowest BCUT2D eigenvalue weighted by Gasteiger charge is -2.03. The van der Waals surface area contributed by atoms with Crippen molar-refractivity contribution in [3.05, 3.63) is 51.3 Å². The average Bonchev–Trinajstić information content (AvgIpc) is 2.73. The molecule has 0 fully saturated rings. The van der Waals surface area contributed by atoms with Crippen LogP contribution < -0.4 is 0 Å². The fourth-order valence-electron chi connectivity index (χ4n) is 1.43. The molecule has 0 saturated heterocycles. The summed E-state index contributed by atoms with van der Waals surface area (Å²) in [4.78, 5) is 14.5. The van der Waals surface area contributed by atoms with E-state index in [0.29, 0.717) is 5.75 Å². The number of aromatic nitrogens is 2. The molecule has 18 heavy (non-hydrogen) atoms. The third-order valence-electron chi connectivity index (χ3n) is 2.35. The zero-order valence-corrected chi connectivity index (χ0v) is 11.1. The highest BCUT2D eigenvalue weighted by Crippen LogP contribution is 2.28. The third-order valence-corrected chi connectivity index (χ3v) is 3.80. The number of hydrogen-bond donors (Lipinski definition) is 0. The van der Waals surface area contributed by atoms with Crippen LogP contribution in [0.3, 0.4) is 0 Å². The number of imidazole rings is 1. The van der Waals surface area contributed by atoms with Gasteiger partial charge < -0.3 is 4.57 Å². The summed E-state index contributed by atoms with van der Waals surface area (Å²) < 4.78 is 1.90. The second kappa shape index (κ2) is 5.41. The van der Waals surface area contributed by atoms with Crippen molar-refractivity contribution in [1.82, 2.24) is 9.55 Å². The molecular weight excluding hydrogens is 274 g/mol. The Morgan fingerprint density at radius 1 is 1.56 bits per heavy atom. The van der Waals surface area contributed by atoms with Crippen molar-refractivity contribution in [2.45, 2.75) is 10.9 Å². The molecule has 0 aliphatic carbocycles. The molecule has 0 spiro atoms. The van der Waals surface area contributed by atoms with E-state index >= 15 is 0 Å². The zero-order valence-electron chi connectivity index (χ0n) is 9.54. The third kappa shape index (κ3) is 2.83. The second-order valence-electron chi connectivity index (χ2n) is 3.65. The van der Waals surface area contributed by atoms with Gasteiger partial charge in [0.15, 0.2) is 5.16 Å². The monoisotopic (exact) mass is 283 g/mol. The topological polar surface area (TPSA) is 61.0 Å².